The molecule has 0 aliphatic rings. The van der Waals surface area contributed by atoms with Gasteiger partial charge in [-0.15, -0.1) is 0 Å². The van der Waals surface area contributed by atoms with Crippen LogP contribution < -0.4 is 5.73 Å². The minimum Gasteiger partial charge on any atom is -0.508 e. The summed E-state index contributed by atoms with van der Waals surface area (Å²) >= 11 is 0. The molecule has 1 aromatic carbocycles. The van der Waals surface area contributed by atoms with Crippen LogP contribution in [0.2, 0.25) is 0 Å². The maximum Gasteiger partial charge on any atom is 0.115 e. The van der Waals surface area contributed by atoms with Gasteiger partial charge >= 0.3 is 0 Å². The molecule has 0 saturated heterocycles. The second kappa shape index (κ2) is 5.61. The lowest BCUT2D eigenvalue weighted by Crippen LogP contribution is -1.97. The third-order valence-electron chi connectivity index (χ3n) is 1.55. The van der Waals surface area contributed by atoms with E-state index >= 15 is 0 Å². The Hall–Kier alpha value is -1.02. The zero-order valence-corrected chi connectivity index (χ0v) is 7.96. The largest absolute Gasteiger partial charge is 0.508 e. The summed E-state index contributed by atoms with van der Waals surface area (Å²) in [6, 6.07) is 5.21. The van der Waals surface area contributed by atoms with Crippen LogP contribution >= 0.6 is 0 Å². The van der Waals surface area contributed by atoms with Gasteiger partial charge in [0.15, 0.2) is 0 Å². The molecule has 0 aromatic heterocycles. The van der Waals surface area contributed by atoms with Gasteiger partial charge in [-0.2, -0.15) is 0 Å². The number of benzene rings is 1. The Labute approximate surface area is 74.0 Å². The standard InChI is InChI=1S/C8H11NO.C2H6/c1-6-2-3-8(10)4-7(6)5-9;1-2/h2-4,10H,5,9H2,1H3;1-2H3. The van der Waals surface area contributed by atoms with Crippen molar-refractivity contribution in [1.82, 2.24) is 0 Å². The Morgan fingerprint density at radius 1 is 1.33 bits per heavy atom. The van der Waals surface area contributed by atoms with Crippen LogP contribution in [0.5, 0.6) is 5.75 Å². The number of nitrogens with two attached hydrogens (primary N) is 1. The highest BCUT2D eigenvalue weighted by molar-refractivity contribution is 5.33. The Balaban J connectivity index is 0.000000561. The molecule has 0 saturated carbocycles. The molecule has 0 unspecified atom stereocenters. The van der Waals surface area contributed by atoms with Crippen molar-refractivity contribution in [2.45, 2.75) is 27.3 Å². The fraction of sp³-hybridized carbons (Fsp3) is 0.400. The maximum atomic E-state index is 9.01. The van der Waals surface area contributed by atoms with Gasteiger partial charge < -0.3 is 10.8 Å². The molecule has 3 N–H and O–H groups in total. The van der Waals surface area contributed by atoms with Crippen molar-refractivity contribution in [3.05, 3.63) is 29.3 Å². The summed E-state index contributed by atoms with van der Waals surface area (Å²) in [4.78, 5) is 0. The van der Waals surface area contributed by atoms with E-state index in [9.17, 15) is 0 Å². The van der Waals surface area contributed by atoms with Gasteiger partial charge in [0.1, 0.15) is 5.75 Å². The molecule has 0 radical (unpaired) electrons. The average Bonchev–Trinajstić information content (AvgIpc) is 2.13. The van der Waals surface area contributed by atoms with E-state index < -0.39 is 0 Å². The molecule has 0 atom stereocenters. The van der Waals surface area contributed by atoms with Crippen molar-refractivity contribution in [2.24, 2.45) is 5.73 Å². The van der Waals surface area contributed by atoms with Crippen molar-refractivity contribution < 1.29 is 5.11 Å². The summed E-state index contributed by atoms with van der Waals surface area (Å²) in [5.74, 6) is 0.283. The van der Waals surface area contributed by atoms with Crippen LogP contribution in [0.4, 0.5) is 0 Å². The molecule has 0 spiro atoms. The predicted octanol–water partition coefficient (Wildman–Crippen LogP) is 2.19. The molecule has 2 nitrogen and oxygen atoms in total. The van der Waals surface area contributed by atoms with Crippen LogP contribution in [0.3, 0.4) is 0 Å². The number of hydrogen-bond acceptors (Lipinski definition) is 2. The summed E-state index contributed by atoms with van der Waals surface area (Å²) in [6.45, 7) is 6.46. The quantitative estimate of drug-likeness (QED) is 0.673. The van der Waals surface area contributed by atoms with E-state index in [1.54, 1.807) is 12.1 Å². The summed E-state index contributed by atoms with van der Waals surface area (Å²) in [5, 5.41) is 9.01. The van der Waals surface area contributed by atoms with E-state index in [0.29, 0.717) is 6.54 Å². The van der Waals surface area contributed by atoms with E-state index in [1.165, 1.54) is 0 Å². The zero-order chi connectivity index (χ0) is 9.56. The molecule has 0 amide bonds. The normalized spacial score (nSPS) is 8.67. The van der Waals surface area contributed by atoms with E-state index in [4.69, 9.17) is 10.8 Å². The van der Waals surface area contributed by atoms with Crippen LogP contribution in [0.1, 0.15) is 25.0 Å². The first-order valence-corrected chi connectivity index (χ1v) is 4.22. The highest BCUT2D eigenvalue weighted by atomic mass is 16.3. The lowest BCUT2D eigenvalue weighted by Gasteiger charge is -2.01. The van der Waals surface area contributed by atoms with Crippen molar-refractivity contribution in [3.63, 3.8) is 0 Å². The number of hydrogen-bond donors (Lipinski definition) is 2. The maximum absolute atomic E-state index is 9.01. The molecule has 0 heterocycles. The number of phenols is 1. The van der Waals surface area contributed by atoms with Crippen molar-refractivity contribution in [2.75, 3.05) is 0 Å². The molecule has 12 heavy (non-hydrogen) atoms. The predicted molar refractivity (Wildman–Crippen MR) is 52.1 cm³/mol. The van der Waals surface area contributed by atoms with E-state index in [-0.39, 0.29) is 5.75 Å². The molecule has 0 aliphatic carbocycles. The van der Waals surface area contributed by atoms with Gasteiger partial charge in [-0.25, -0.2) is 0 Å². The molecule has 2 heteroatoms. The molecule has 1 rings (SSSR count). The van der Waals surface area contributed by atoms with Crippen molar-refractivity contribution in [3.8, 4) is 5.75 Å². The highest BCUT2D eigenvalue weighted by Crippen LogP contribution is 2.14. The van der Waals surface area contributed by atoms with Gasteiger partial charge in [-0.05, 0) is 30.2 Å². The lowest BCUT2D eigenvalue weighted by atomic mass is 10.1. The van der Waals surface area contributed by atoms with Gasteiger partial charge in [-0.1, -0.05) is 19.9 Å². The minimum atomic E-state index is 0.283. The van der Waals surface area contributed by atoms with Crippen LogP contribution in [0.25, 0.3) is 0 Å². The first-order chi connectivity index (χ1) is 5.74. The minimum absolute atomic E-state index is 0.283. The molecule has 0 bridgehead atoms. The summed E-state index contributed by atoms with van der Waals surface area (Å²) in [6.07, 6.45) is 0. The van der Waals surface area contributed by atoms with Gasteiger partial charge in [0, 0.05) is 6.54 Å². The first kappa shape index (κ1) is 11.0. The van der Waals surface area contributed by atoms with E-state index in [2.05, 4.69) is 0 Å². The van der Waals surface area contributed by atoms with Gasteiger partial charge in [-0.3, -0.25) is 0 Å². The SMILES string of the molecule is CC.Cc1ccc(O)cc1CN. The fourth-order valence-corrected chi connectivity index (χ4v) is 0.878. The lowest BCUT2D eigenvalue weighted by molar-refractivity contribution is 0.474. The second-order valence-electron chi connectivity index (χ2n) is 2.31. The van der Waals surface area contributed by atoms with Crippen molar-refractivity contribution in [1.29, 1.82) is 0 Å². The second-order valence-corrected chi connectivity index (χ2v) is 2.31. The molecule has 68 valence electrons. The summed E-state index contributed by atoms with van der Waals surface area (Å²) < 4.78 is 0. The molecule has 1 aromatic rings. The average molecular weight is 167 g/mol. The topological polar surface area (TPSA) is 46.2 Å². The fourth-order valence-electron chi connectivity index (χ4n) is 0.878. The third-order valence-corrected chi connectivity index (χ3v) is 1.55. The van der Waals surface area contributed by atoms with Gasteiger partial charge in [0.25, 0.3) is 0 Å². The smallest absolute Gasteiger partial charge is 0.115 e. The first-order valence-electron chi connectivity index (χ1n) is 4.22. The third kappa shape index (κ3) is 2.93. The monoisotopic (exact) mass is 167 g/mol. The molecule has 0 aliphatic heterocycles. The Bertz CT molecular complexity index is 233. The van der Waals surface area contributed by atoms with Crippen LogP contribution in [-0.2, 0) is 6.54 Å². The Morgan fingerprint density at radius 3 is 2.33 bits per heavy atom. The molecular formula is C10H17NO. The molecule has 0 fully saturated rings. The van der Waals surface area contributed by atoms with Crippen molar-refractivity contribution >= 4 is 0 Å². The number of rotatable bonds is 1. The number of phenolic OH excluding ortho intramolecular Hbond substituents is 1. The van der Waals surface area contributed by atoms with Crippen LogP contribution in [0, 0.1) is 6.92 Å². The number of aryl methyl sites for hydroxylation is 1. The summed E-state index contributed by atoms with van der Waals surface area (Å²) in [7, 11) is 0. The van der Waals surface area contributed by atoms with E-state index in [0.717, 1.165) is 11.1 Å². The zero-order valence-electron chi connectivity index (χ0n) is 7.96. The number of aromatic hydroxyl groups is 1. The molecular weight excluding hydrogens is 150 g/mol. The highest BCUT2D eigenvalue weighted by Gasteiger charge is 1.95. The van der Waals surface area contributed by atoms with Gasteiger partial charge in [0.05, 0.1) is 0 Å². The van der Waals surface area contributed by atoms with E-state index in [1.807, 2.05) is 26.8 Å². The van der Waals surface area contributed by atoms with Crippen LogP contribution in [0.15, 0.2) is 18.2 Å². The Kier molecular flexibility index (Phi) is 5.13. The van der Waals surface area contributed by atoms with Crippen LogP contribution in [-0.4, -0.2) is 5.11 Å². The summed E-state index contributed by atoms with van der Waals surface area (Å²) in [5.41, 5.74) is 7.53. The Morgan fingerprint density at radius 2 is 1.92 bits per heavy atom. The van der Waals surface area contributed by atoms with Gasteiger partial charge in [0.2, 0.25) is 0 Å².